The predicted molar refractivity (Wildman–Crippen MR) is 80.0 cm³/mol. The molecule has 0 spiro atoms. The fraction of sp³-hybridized carbons (Fsp3) is 0.667. The second kappa shape index (κ2) is 7.52. The number of piperidine rings is 1. The highest BCUT2D eigenvalue weighted by molar-refractivity contribution is 5.92. The van der Waals surface area contributed by atoms with Crippen LogP contribution in [0.3, 0.4) is 0 Å². The molecule has 1 aliphatic rings. The van der Waals surface area contributed by atoms with Gasteiger partial charge in [-0.25, -0.2) is 4.68 Å². The number of amides is 2. The molecule has 23 heavy (non-hydrogen) atoms. The number of carbonyl (C=O) groups is 2. The highest BCUT2D eigenvalue weighted by Crippen LogP contribution is 2.22. The first kappa shape index (κ1) is 17.4. The Kier molecular flexibility index (Phi) is 5.68. The molecule has 1 saturated heterocycles. The fourth-order valence-corrected chi connectivity index (χ4v) is 2.76. The van der Waals surface area contributed by atoms with E-state index in [0.29, 0.717) is 24.2 Å². The summed E-state index contributed by atoms with van der Waals surface area (Å²) in [5, 5.41) is 3.62. The van der Waals surface area contributed by atoms with E-state index < -0.39 is 6.55 Å². The Labute approximate surface area is 134 Å². The highest BCUT2D eigenvalue weighted by Gasteiger charge is 2.26. The molecule has 0 unspecified atom stereocenters. The van der Waals surface area contributed by atoms with Gasteiger partial charge in [0.15, 0.2) is 5.69 Å². The van der Waals surface area contributed by atoms with Gasteiger partial charge in [-0.3, -0.25) is 9.59 Å². The molecule has 0 N–H and O–H groups in total. The van der Waals surface area contributed by atoms with Gasteiger partial charge in [0.05, 0.1) is 0 Å². The van der Waals surface area contributed by atoms with Gasteiger partial charge in [0, 0.05) is 39.8 Å². The van der Waals surface area contributed by atoms with Crippen molar-refractivity contribution in [3.8, 4) is 0 Å². The Bertz CT molecular complexity index is 559. The average molecular weight is 328 g/mol. The van der Waals surface area contributed by atoms with E-state index in [9.17, 15) is 18.4 Å². The van der Waals surface area contributed by atoms with Crippen molar-refractivity contribution in [3.63, 3.8) is 0 Å². The molecule has 1 aromatic rings. The van der Waals surface area contributed by atoms with Gasteiger partial charge < -0.3 is 9.80 Å². The third-order valence-electron chi connectivity index (χ3n) is 4.10. The third-order valence-corrected chi connectivity index (χ3v) is 4.10. The van der Waals surface area contributed by atoms with Gasteiger partial charge in [-0.05, 0) is 31.2 Å². The van der Waals surface area contributed by atoms with Crippen LogP contribution in [-0.2, 0) is 4.79 Å². The van der Waals surface area contributed by atoms with Gasteiger partial charge in [0.2, 0.25) is 5.91 Å². The van der Waals surface area contributed by atoms with Crippen molar-refractivity contribution >= 4 is 11.8 Å². The first-order chi connectivity index (χ1) is 10.9. The van der Waals surface area contributed by atoms with E-state index >= 15 is 0 Å². The number of aromatic nitrogens is 2. The average Bonchev–Trinajstić information content (AvgIpc) is 3.02. The number of nitrogens with zero attached hydrogens (tertiary/aromatic N) is 4. The molecule has 1 aromatic heterocycles. The molecule has 128 valence electrons. The molecule has 0 aliphatic carbocycles. The van der Waals surface area contributed by atoms with Gasteiger partial charge in [0.25, 0.3) is 5.91 Å². The fourth-order valence-electron chi connectivity index (χ4n) is 2.76. The Balaban J connectivity index is 1.92. The van der Waals surface area contributed by atoms with Crippen molar-refractivity contribution in [3.05, 3.63) is 18.0 Å². The van der Waals surface area contributed by atoms with Crippen LogP contribution in [0.25, 0.3) is 0 Å². The van der Waals surface area contributed by atoms with Crippen molar-refractivity contribution in [2.24, 2.45) is 5.92 Å². The molecule has 1 atom stereocenters. The highest BCUT2D eigenvalue weighted by atomic mass is 19.3. The Morgan fingerprint density at radius 2 is 2.17 bits per heavy atom. The molecule has 2 heterocycles. The zero-order chi connectivity index (χ0) is 17.0. The molecule has 8 heteroatoms. The molecular formula is C15H22F2N4O2. The summed E-state index contributed by atoms with van der Waals surface area (Å²) in [6.07, 6.45) is 4.11. The second-order valence-corrected chi connectivity index (χ2v) is 6.04. The topological polar surface area (TPSA) is 58.4 Å². The van der Waals surface area contributed by atoms with Crippen LogP contribution in [0, 0.1) is 5.92 Å². The van der Waals surface area contributed by atoms with Gasteiger partial charge >= 0.3 is 6.55 Å². The van der Waals surface area contributed by atoms with Gasteiger partial charge in [-0.2, -0.15) is 13.9 Å². The minimum atomic E-state index is -2.75. The lowest BCUT2D eigenvalue weighted by atomic mass is 9.93. The lowest BCUT2D eigenvalue weighted by Crippen LogP contribution is -2.40. The molecular weight excluding hydrogens is 306 g/mol. The quantitative estimate of drug-likeness (QED) is 0.831. The Morgan fingerprint density at radius 1 is 1.43 bits per heavy atom. The van der Waals surface area contributed by atoms with E-state index in [0.717, 1.165) is 25.5 Å². The molecule has 2 amide bonds. The molecule has 1 fully saturated rings. The summed E-state index contributed by atoms with van der Waals surface area (Å²) >= 11 is 0. The van der Waals surface area contributed by atoms with E-state index in [-0.39, 0.29) is 23.4 Å². The second-order valence-electron chi connectivity index (χ2n) is 6.04. The van der Waals surface area contributed by atoms with Gasteiger partial charge in [0.1, 0.15) is 0 Å². The van der Waals surface area contributed by atoms with Crippen molar-refractivity contribution in [2.75, 3.05) is 27.2 Å². The van der Waals surface area contributed by atoms with Crippen molar-refractivity contribution in [2.45, 2.75) is 32.2 Å². The summed E-state index contributed by atoms with van der Waals surface area (Å²) in [7, 11) is 3.44. The third kappa shape index (κ3) is 4.49. The monoisotopic (exact) mass is 328 g/mol. The minimum absolute atomic E-state index is 0.0373. The maximum absolute atomic E-state index is 12.5. The van der Waals surface area contributed by atoms with Crippen molar-refractivity contribution in [1.29, 1.82) is 0 Å². The van der Waals surface area contributed by atoms with Gasteiger partial charge in [-0.15, -0.1) is 0 Å². The van der Waals surface area contributed by atoms with Crippen LogP contribution in [0.5, 0.6) is 0 Å². The minimum Gasteiger partial charge on any atom is -0.349 e. The van der Waals surface area contributed by atoms with Crippen LogP contribution in [0.2, 0.25) is 0 Å². The van der Waals surface area contributed by atoms with Crippen LogP contribution in [-0.4, -0.2) is 58.6 Å². The standard InChI is InChI=1S/C15H22F2N4O2/c1-19(2)13(22)6-5-11-4-3-8-20(10-11)14(23)12-7-9-21(18-12)15(16)17/h7,9,11,15H,3-6,8,10H2,1-2H3/t11-/m0/s1. The van der Waals surface area contributed by atoms with E-state index in [1.807, 2.05) is 0 Å². The van der Waals surface area contributed by atoms with E-state index in [1.54, 1.807) is 23.9 Å². The van der Waals surface area contributed by atoms with E-state index in [1.165, 1.54) is 6.07 Å². The number of hydrogen-bond acceptors (Lipinski definition) is 3. The molecule has 0 bridgehead atoms. The van der Waals surface area contributed by atoms with E-state index in [2.05, 4.69) is 5.10 Å². The number of rotatable bonds is 5. The van der Waals surface area contributed by atoms with Crippen LogP contribution in [0.4, 0.5) is 8.78 Å². The van der Waals surface area contributed by atoms with Crippen LogP contribution in [0.15, 0.2) is 12.3 Å². The maximum atomic E-state index is 12.5. The lowest BCUT2D eigenvalue weighted by molar-refractivity contribution is -0.129. The molecule has 0 saturated carbocycles. The Hall–Kier alpha value is -1.99. The number of hydrogen-bond donors (Lipinski definition) is 0. The summed E-state index contributed by atoms with van der Waals surface area (Å²) in [5.74, 6) is 0.00551. The van der Waals surface area contributed by atoms with Gasteiger partial charge in [-0.1, -0.05) is 0 Å². The predicted octanol–water partition coefficient (Wildman–Crippen LogP) is 2.00. The van der Waals surface area contributed by atoms with Crippen LogP contribution in [0.1, 0.15) is 42.7 Å². The number of likely N-dealkylation sites (tertiary alicyclic amines) is 1. The number of carbonyl (C=O) groups excluding carboxylic acids is 2. The Morgan fingerprint density at radius 3 is 2.78 bits per heavy atom. The smallest absolute Gasteiger partial charge is 0.333 e. The normalized spacial score (nSPS) is 18.3. The number of alkyl halides is 2. The van der Waals surface area contributed by atoms with Crippen LogP contribution < -0.4 is 0 Å². The summed E-state index contributed by atoms with van der Waals surface area (Å²) < 4.78 is 25.5. The first-order valence-corrected chi connectivity index (χ1v) is 7.71. The summed E-state index contributed by atoms with van der Waals surface area (Å²) in [6, 6.07) is 1.31. The molecule has 0 aromatic carbocycles. The lowest BCUT2D eigenvalue weighted by Gasteiger charge is -2.32. The molecule has 1 aliphatic heterocycles. The van der Waals surface area contributed by atoms with Crippen LogP contribution >= 0.6 is 0 Å². The van der Waals surface area contributed by atoms with Crippen molar-refractivity contribution in [1.82, 2.24) is 19.6 Å². The summed E-state index contributed by atoms with van der Waals surface area (Å²) in [4.78, 5) is 27.2. The molecule has 2 rings (SSSR count). The largest absolute Gasteiger partial charge is 0.349 e. The summed E-state index contributed by atoms with van der Waals surface area (Å²) in [5.41, 5.74) is 0.0373. The summed E-state index contributed by atoms with van der Waals surface area (Å²) in [6.45, 7) is -1.61. The number of halogens is 2. The first-order valence-electron chi connectivity index (χ1n) is 7.71. The zero-order valence-electron chi connectivity index (χ0n) is 13.4. The maximum Gasteiger partial charge on any atom is 0.333 e. The zero-order valence-corrected chi connectivity index (χ0v) is 13.4. The van der Waals surface area contributed by atoms with Crippen molar-refractivity contribution < 1.29 is 18.4 Å². The van der Waals surface area contributed by atoms with E-state index in [4.69, 9.17) is 0 Å². The molecule has 0 radical (unpaired) electrons. The molecule has 6 nitrogen and oxygen atoms in total. The SMILES string of the molecule is CN(C)C(=O)CC[C@@H]1CCCN(C(=O)c2ccn(C(F)F)n2)C1.